The molecule has 2 N–H and O–H groups in total. The summed E-state index contributed by atoms with van der Waals surface area (Å²) in [5.41, 5.74) is 4.69. The molecule has 6 nitrogen and oxygen atoms in total. The molecule has 8 heteroatoms. The zero-order chi connectivity index (χ0) is 19.9. The summed E-state index contributed by atoms with van der Waals surface area (Å²) in [4.78, 5) is 26.7. The van der Waals surface area contributed by atoms with E-state index in [0.29, 0.717) is 18.1 Å². The lowest BCUT2D eigenvalue weighted by Gasteiger charge is -2.17. The van der Waals surface area contributed by atoms with Crippen molar-refractivity contribution in [2.45, 2.75) is 19.0 Å². The minimum absolute atomic E-state index is 0.103. The van der Waals surface area contributed by atoms with Crippen molar-refractivity contribution >= 4 is 33.7 Å². The molecule has 0 radical (unpaired) electrons. The third-order valence-electron chi connectivity index (χ3n) is 4.32. The summed E-state index contributed by atoms with van der Waals surface area (Å²) in [6.45, 7) is 0.593. The molecule has 146 valence electrons. The van der Waals surface area contributed by atoms with Gasteiger partial charge in [-0.25, -0.2) is 4.98 Å². The van der Waals surface area contributed by atoms with E-state index in [2.05, 4.69) is 25.6 Å². The Hall–Kier alpha value is -2.94. The quantitative estimate of drug-likeness (QED) is 0.449. The zero-order valence-corrected chi connectivity index (χ0v) is 17.1. The first kappa shape index (κ1) is 19.4. The van der Waals surface area contributed by atoms with Crippen molar-refractivity contribution in [3.05, 3.63) is 82.4 Å². The number of amides is 1. The minimum Gasteiger partial charge on any atom is -0.301 e. The summed E-state index contributed by atoms with van der Waals surface area (Å²) in [6.07, 6.45) is 5.86. The second-order valence-corrected chi connectivity index (χ2v) is 8.18. The summed E-state index contributed by atoms with van der Waals surface area (Å²) in [5, 5.41) is 8.83. The Balaban J connectivity index is 1.46. The van der Waals surface area contributed by atoms with Crippen LogP contribution in [0.3, 0.4) is 0 Å². The number of hydrogen-bond donors (Lipinski definition) is 2. The highest BCUT2D eigenvalue weighted by molar-refractivity contribution is 7.14. The van der Waals surface area contributed by atoms with Gasteiger partial charge in [0.15, 0.2) is 5.13 Å². The van der Waals surface area contributed by atoms with Crippen molar-refractivity contribution in [2.24, 2.45) is 0 Å². The molecule has 29 heavy (non-hydrogen) atoms. The number of aromatic nitrogens is 3. The van der Waals surface area contributed by atoms with Gasteiger partial charge in [0, 0.05) is 41.0 Å². The maximum absolute atomic E-state index is 13.0. The SMILES string of the molecule is O=C(Nc1nc(-c2ccncc2)cs1)[C@H](Cc1ccccc1)NCc1cncs1. The average molecular weight is 422 g/mol. The Morgan fingerprint density at radius 3 is 2.62 bits per heavy atom. The number of nitrogens with one attached hydrogen (secondary N) is 2. The number of nitrogens with zero attached hydrogens (tertiary/aromatic N) is 3. The van der Waals surface area contributed by atoms with Crippen LogP contribution < -0.4 is 10.6 Å². The number of rotatable bonds is 8. The Morgan fingerprint density at radius 1 is 1.03 bits per heavy atom. The fraction of sp³-hybridized carbons (Fsp3) is 0.143. The van der Waals surface area contributed by atoms with Gasteiger partial charge in [-0.3, -0.25) is 14.8 Å². The predicted octanol–water partition coefficient (Wildman–Crippen LogP) is 4.00. The van der Waals surface area contributed by atoms with E-state index in [1.807, 2.05) is 54.0 Å². The maximum Gasteiger partial charge on any atom is 0.243 e. The number of thiazole rings is 2. The standard InChI is InChI=1S/C21H19N5OS2/c27-20(26-21-25-19(13-28-21)16-6-8-22-9-7-16)18(10-15-4-2-1-3-5-15)24-12-17-11-23-14-29-17/h1-9,11,13-14,18,24H,10,12H2,(H,25,26,27)/t18-/m0/s1. The molecule has 3 heterocycles. The van der Waals surface area contributed by atoms with Crippen molar-refractivity contribution in [1.82, 2.24) is 20.3 Å². The van der Waals surface area contributed by atoms with Gasteiger partial charge in [0.1, 0.15) is 0 Å². The van der Waals surface area contributed by atoms with Gasteiger partial charge in [-0.2, -0.15) is 0 Å². The van der Waals surface area contributed by atoms with E-state index in [0.717, 1.165) is 21.7 Å². The maximum atomic E-state index is 13.0. The molecular weight excluding hydrogens is 402 g/mol. The molecule has 0 aliphatic carbocycles. The number of benzene rings is 1. The lowest BCUT2D eigenvalue weighted by atomic mass is 10.1. The molecule has 0 aliphatic rings. The summed E-state index contributed by atoms with van der Waals surface area (Å²) in [5.74, 6) is -0.103. The van der Waals surface area contributed by atoms with Crippen LogP contribution in [-0.4, -0.2) is 26.9 Å². The third-order valence-corrected chi connectivity index (χ3v) is 5.85. The van der Waals surface area contributed by atoms with E-state index in [1.165, 1.54) is 11.3 Å². The smallest absolute Gasteiger partial charge is 0.243 e. The van der Waals surface area contributed by atoms with Crippen molar-refractivity contribution in [1.29, 1.82) is 0 Å². The van der Waals surface area contributed by atoms with Gasteiger partial charge in [-0.1, -0.05) is 30.3 Å². The van der Waals surface area contributed by atoms with E-state index in [-0.39, 0.29) is 11.9 Å². The topological polar surface area (TPSA) is 79.8 Å². The molecule has 3 aromatic heterocycles. The van der Waals surface area contributed by atoms with E-state index in [4.69, 9.17) is 0 Å². The van der Waals surface area contributed by atoms with E-state index < -0.39 is 0 Å². The van der Waals surface area contributed by atoms with Gasteiger partial charge in [-0.15, -0.1) is 22.7 Å². The van der Waals surface area contributed by atoms with Crippen LogP contribution in [0.4, 0.5) is 5.13 Å². The Kier molecular flexibility index (Phi) is 6.35. The van der Waals surface area contributed by atoms with Crippen LogP contribution in [0.2, 0.25) is 0 Å². The molecule has 4 rings (SSSR count). The molecule has 0 aliphatic heterocycles. The van der Waals surface area contributed by atoms with Gasteiger partial charge in [0.2, 0.25) is 5.91 Å². The van der Waals surface area contributed by atoms with Crippen molar-refractivity contribution in [3.63, 3.8) is 0 Å². The van der Waals surface area contributed by atoms with E-state index in [9.17, 15) is 4.79 Å². The Bertz CT molecular complexity index is 1040. The van der Waals surface area contributed by atoms with Crippen molar-refractivity contribution < 1.29 is 4.79 Å². The largest absolute Gasteiger partial charge is 0.301 e. The average Bonchev–Trinajstić information content (AvgIpc) is 3.45. The van der Waals surface area contributed by atoms with Crippen LogP contribution >= 0.6 is 22.7 Å². The molecule has 0 bridgehead atoms. The van der Waals surface area contributed by atoms with Gasteiger partial charge in [0.25, 0.3) is 0 Å². The molecule has 0 saturated carbocycles. The van der Waals surface area contributed by atoms with E-state index in [1.54, 1.807) is 29.2 Å². The highest BCUT2D eigenvalue weighted by Crippen LogP contribution is 2.24. The fourth-order valence-corrected chi connectivity index (χ4v) is 4.11. The lowest BCUT2D eigenvalue weighted by molar-refractivity contribution is -0.118. The lowest BCUT2D eigenvalue weighted by Crippen LogP contribution is -2.41. The minimum atomic E-state index is -0.382. The molecular formula is C21H19N5OS2. The predicted molar refractivity (Wildman–Crippen MR) is 117 cm³/mol. The molecule has 0 saturated heterocycles. The van der Waals surface area contributed by atoms with Crippen LogP contribution in [0.15, 0.2) is 71.9 Å². The normalized spacial score (nSPS) is 11.9. The van der Waals surface area contributed by atoms with Crippen LogP contribution in [0.25, 0.3) is 11.3 Å². The van der Waals surface area contributed by atoms with Crippen molar-refractivity contribution in [2.75, 3.05) is 5.32 Å². The molecule has 1 amide bonds. The molecule has 4 aromatic rings. The number of carbonyl (C=O) groups is 1. The van der Waals surface area contributed by atoms with Crippen molar-refractivity contribution in [3.8, 4) is 11.3 Å². The molecule has 0 spiro atoms. The van der Waals surface area contributed by atoms with Gasteiger partial charge < -0.3 is 10.6 Å². The number of hydrogen-bond acceptors (Lipinski definition) is 7. The first-order valence-corrected chi connectivity index (χ1v) is 10.9. The molecule has 1 aromatic carbocycles. The summed E-state index contributed by atoms with van der Waals surface area (Å²) >= 11 is 2.98. The molecule has 0 unspecified atom stereocenters. The monoisotopic (exact) mass is 421 g/mol. The van der Waals surface area contributed by atoms with E-state index >= 15 is 0 Å². The van der Waals surface area contributed by atoms with Gasteiger partial charge >= 0.3 is 0 Å². The van der Waals surface area contributed by atoms with Crippen LogP contribution in [0.1, 0.15) is 10.4 Å². The zero-order valence-electron chi connectivity index (χ0n) is 15.5. The number of pyridine rings is 1. The summed E-state index contributed by atoms with van der Waals surface area (Å²) in [6, 6.07) is 13.4. The second-order valence-electron chi connectivity index (χ2n) is 6.35. The first-order valence-electron chi connectivity index (χ1n) is 9.09. The summed E-state index contributed by atoms with van der Waals surface area (Å²) in [7, 11) is 0. The molecule has 1 atom stereocenters. The fourth-order valence-electron chi connectivity index (χ4n) is 2.84. The molecule has 0 fully saturated rings. The Labute approximate surface area is 176 Å². The summed E-state index contributed by atoms with van der Waals surface area (Å²) < 4.78 is 0. The van der Waals surface area contributed by atoms with Crippen LogP contribution in [0.5, 0.6) is 0 Å². The van der Waals surface area contributed by atoms with Crippen LogP contribution in [-0.2, 0) is 17.8 Å². The Morgan fingerprint density at radius 2 is 1.86 bits per heavy atom. The van der Waals surface area contributed by atoms with Gasteiger partial charge in [0.05, 0.1) is 17.2 Å². The second kappa shape index (κ2) is 9.51. The first-order chi connectivity index (χ1) is 14.3. The highest BCUT2D eigenvalue weighted by Gasteiger charge is 2.20. The van der Waals surface area contributed by atoms with Crippen LogP contribution in [0, 0.1) is 0 Å². The van der Waals surface area contributed by atoms with Gasteiger partial charge in [-0.05, 0) is 24.1 Å². The number of anilines is 1. The highest BCUT2D eigenvalue weighted by atomic mass is 32.1. The number of carbonyl (C=O) groups excluding carboxylic acids is 1. The third kappa shape index (κ3) is 5.32.